The first-order valence-electron chi connectivity index (χ1n) is 8.67. The molecule has 0 heterocycles. The minimum absolute atomic E-state index is 0.164. The highest BCUT2D eigenvalue weighted by atomic mass is 16.5. The highest BCUT2D eigenvalue weighted by molar-refractivity contribution is 4.86. The maximum Gasteiger partial charge on any atom is 0.0806 e. The van der Waals surface area contributed by atoms with E-state index in [1.54, 1.807) is 0 Å². The second-order valence-electron chi connectivity index (χ2n) is 6.14. The number of nitrogens with one attached hydrogen (secondary N) is 1. The van der Waals surface area contributed by atoms with Crippen LogP contribution in [0.2, 0.25) is 0 Å². The molecule has 0 aromatic heterocycles. The van der Waals surface area contributed by atoms with Gasteiger partial charge in [-0.3, -0.25) is 0 Å². The zero-order valence-corrected chi connectivity index (χ0v) is 13.3. The van der Waals surface area contributed by atoms with Crippen LogP contribution < -0.4 is 5.32 Å². The Morgan fingerprint density at radius 3 is 2.26 bits per heavy atom. The second-order valence-corrected chi connectivity index (χ2v) is 6.14. The molecule has 1 saturated carbocycles. The molecule has 0 aliphatic heterocycles. The third-order valence-electron chi connectivity index (χ3n) is 4.37. The molecule has 2 nitrogen and oxygen atoms in total. The second kappa shape index (κ2) is 10.7. The number of hydrogen-bond donors (Lipinski definition) is 1. The molecule has 2 heteroatoms. The number of ether oxygens (including phenoxy) is 1. The first-order chi connectivity index (χ1) is 9.33. The highest BCUT2D eigenvalue weighted by Crippen LogP contribution is 2.31. The van der Waals surface area contributed by atoms with Crippen molar-refractivity contribution < 1.29 is 4.74 Å². The van der Waals surface area contributed by atoms with Crippen molar-refractivity contribution in [3.63, 3.8) is 0 Å². The topological polar surface area (TPSA) is 21.3 Å². The Hall–Kier alpha value is -0.0800. The zero-order valence-electron chi connectivity index (χ0n) is 13.3. The summed E-state index contributed by atoms with van der Waals surface area (Å²) in [5.74, 6) is 0. The van der Waals surface area contributed by atoms with Gasteiger partial charge in [0.2, 0.25) is 0 Å². The van der Waals surface area contributed by atoms with E-state index < -0.39 is 0 Å². The molecule has 0 bridgehead atoms. The van der Waals surface area contributed by atoms with E-state index in [1.165, 1.54) is 70.6 Å². The van der Waals surface area contributed by atoms with Crippen molar-refractivity contribution in [2.24, 2.45) is 0 Å². The summed E-state index contributed by atoms with van der Waals surface area (Å²) < 4.78 is 6.32. The molecule has 0 amide bonds. The smallest absolute Gasteiger partial charge is 0.0806 e. The Kier molecular flexibility index (Phi) is 9.54. The third kappa shape index (κ3) is 7.31. The van der Waals surface area contributed by atoms with Gasteiger partial charge in [-0.2, -0.15) is 0 Å². The lowest BCUT2D eigenvalue weighted by Gasteiger charge is -2.37. The predicted octanol–water partition coefficient (Wildman–Crippen LogP) is 4.68. The summed E-state index contributed by atoms with van der Waals surface area (Å²) in [7, 11) is 0. The van der Waals surface area contributed by atoms with E-state index in [-0.39, 0.29) is 5.60 Å². The molecule has 0 atom stereocenters. The van der Waals surface area contributed by atoms with Gasteiger partial charge in [0, 0.05) is 13.2 Å². The minimum atomic E-state index is 0.164. The molecule has 1 fully saturated rings. The summed E-state index contributed by atoms with van der Waals surface area (Å²) in [4.78, 5) is 0. The maximum atomic E-state index is 6.32. The monoisotopic (exact) mass is 269 g/mol. The van der Waals surface area contributed by atoms with Crippen LogP contribution in [0.1, 0.15) is 84.5 Å². The van der Waals surface area contributed by atoms with Crippen LogP contribution >= 0.6 is 0 Å². The molecule has 1 rings (SSSR count). The van der Waals surface area contributed by atoms with E-state index in [0.717, 1.165) is 19.7 Å². The van der Waals surface area contributed by atoms with Crippen LogP contribution in [0.4, 0.5) is 0 Å². The number of hydrogen-bond acceptors (Lipinski definition) is 2. The number of rotatable bonds is 11. The molecule has 1 aliphatic carbocycles. The summed E-state index contributed by atoms with van der Waals surface area (Å²) >= 11 is 0. The van der Waals surface area contributed by atoms with Crippen LogP contribution in [0.25, 0.3) is 0 Å². The van der Waals surface area contributed by atoms with E-state index in [0.29, 0.717) is 0 Å². The Bertz CT molecular complexity index is 199. The molecule has 0 unspecified atom stereocenters. The van der Waals surface area contributed by atoms with Crippen LogP contribution in [0.5, 0.6) is 0 Å². The van der Waals surface area contributed by atoms with Gasteiger partial charge in [-0.15, -0.1) is 0 Å². The standard InChI is InChI=1S/C17H35NO/c1-3-5-6-7-8-12-15-19-17(16-18-4-2)13-10-9-11-14-17/h18H,3-16H2,1-2H3. The average Bonchev–Trinajstić information content (AvgIpc) is 2.45. The fraction of sp³-hybridized carbons (Fsp3) is 1.00. The normalized spacial score (nSPS) is 18.6. The van der Waals surface area contributed by atoms with Gasteiger partial charge in [-0.1, -0.05) is 65.2 Å². The Labute approximate surface area is 120 Å². The Balaban J connectivity index is 2.14. The summed E-state index contributed by atoms with van der Waals surface area (Å²) in [6.45, 7) is 7.54. The van der Waals surface area contributed by atoms with Crippen LogP contribution in [0, 0.1) is 0 Å². The lowest BCUT2D eigenvalue weighted by atomic mass is 9.84. The number of likely N-dealkylation sites (N-methyl/N-ethyl adjacent to an activating group) is 1. The van der Waals surface area contributed by atoms with Gasteiger partial charge < -0.3 is 10.1 Å². The SMILES string of the molecule is CCCCCCCCOC1(CNCC)CCCCC1. The molecular weight excluding hydrogens is 234 g/mol. The molecule has 19 heavy (non-hydrogen) atoms. The Morgan fingerprint density at radius 2 is 1.58 bits per heavy atom. The van der Waals surface area contributed by atoms with Crippen molar-refractivity contribution in [2.45, 2.75) is 90.1 Å². The third-order valence-corrected chi connectivity index (χ3v) is 4.37. The molecule has 0 saturated heterocycles. The van der Waals surface area contributed by atoms with Gasteiger partial charge in [0.1, 0.15) is 0 Å². The van der Waals surface area contributed by atoms with E-state index >= 15 is 0 Å². The quantitative estimate of drug-likeness (QED) is 0.550. The molecule has 0 radical (unpaired) electrons. The van der Waals surface area contributed by atoms with Gasteiger partial charge in [0.25, 0.3) is 0 Å². The fourth-order valence-electron chi connectivity index (χ4n) is 3.09. The van der Waals surface area contributed by atoms with E-state index in [2.05, 4.69) is 19.2 Å². The van der Waals surface area contributed by atoms with Gasteiger partial charge in [0.05, 0.1) is 5.60 Å². The number of unbranched alkanes of at least 4 members (excludes halogenated alkanes) is 5. The lowest BCUT2D eigenvalue weighted by Crippen LogP contribution is -2.45. The van der Waals surface area contributed by atoms with Crippen LogP contribution in [-0.2, 0) is 4.74 Å². The van der Waals surface area contributed by atoms with E-state index in [1.807, 2.05) is 0 Å². The largest absolute Gasteiger partial charge is 0.374 e. The average molecular weight is 269 g/mol. The van der Waals surface area contributed by atoms with E-state index in [4.69, 9.17) is 4.74 Å². The molecule has 1 N–H and O–H groups in total. The lowest BCUT2D eigenvalue weighted by molar-refractivity contribution is -0.0693. The van der Waals surface area contributed by atoms with Crippen molar-refractivity contribution in [3.8, 4) is 0 Å². The van der Waals surface area contributed by atoms with Crippen molar-refractivity contribution in [1.29, 1.82) is 0 Å². The predicted molar refractivity (Wildman–Crippen MR) is 83.7 cm³/mol. The molecule has 0 aromatic carbocycles. The summed E-state index contributed by atoms with van der Waals surface area (Å²) in [5.41, 5.74) is 0.164. The molecule has 0 aromatic rings. The summed E-state index contributed by atoms with van der Waals surface area (Å²) in [6.07, 6.45) is 14.7. The minimum Gasteiger partial charge on any atom is -0.374 e. The zero-order chi connectivity index (χ0) is 13.8. The summed E-state index contributed by atoms with van der Waals surface area (Å²) in [5, 5.41) is 3.50. The summed E-state index contributed by atoms with van der Waals surface area (Å²) in [6, 6.07) is 0. The van der Waals surface area contributed by atoms with Gasteiger partial charge in [-0.25, -0.2) is 0 Å². The molecular formula is C17H35NO. The fourth-order valence-corrected chi connectivity index (χ4v) is 3.09. The molecule has 114 valence electrons. The first-order valence-corrected chi connectivity index (χ1v) is 8.67. The van der Waals surface area contributed by atoms with Crippen molar-refractivity contribution in [2.75, 3.05) is 19.7 Å². The van der Waals surface area contributed by atoms with Crippen molar-refractivity contribution in [3.05, 3.63) is 0 Å². The van der Waals surface area contributed by atoms with Crippen LogP contribution in [0.15, 0.2) is 0 Å². The first kappa shape index (κ1) is 17.0. The maximum absolute atomic E-state index is 6.32. The van der Waals surface area contributed by atoms with Crippen LogP contribution in [0.3, 0.4) is 0 Å². The van der Waals surface area contributed by atoms with Gasteiger partial charge in [0.15, 0.2) is 0 Å². The van der Waals surface area contributed by atoms with Gasteiger partial charge >= 0.3 is 0 Å². The van der Waals surface area contributed by atoms with Crippen LogP contribution in [-0.4, -0.2) is 25.3 Å². The van der Waals surface area contributed by atoms with Crippen molar-refractivity contribution in [1.82, 2.24) is 5.32 Å². The van der Waals surface area contributed by atoms with Gasteiger partial charge in [-0.05, 0) is 25.8 Å². The van der Waals surface area contributed by atoms with E-state index in [9.17, 15) is 0 Å². The van der Waals surface area contributed by atoms with Crippen molar-refractivity contribution >= 4 is 0 Å². The molecule has 0 spiro atoms. The molecule has 1 aliphatic rings. The highest BCUT2D eigenvalue weighted by Gasteiger charge is 2.32. The Morgan fingerprint density at radius 1 is 0.895 bits per heavy atom.